The van der Waals surface area contributed by atoms with E-state index in [4.69, 9.17) is 4.84 Å². The summed E-state index contributed by atoms with van der Waals surface area (Å²) in [6, 6.07) is 0.349. The third-order valence-corrected chi connectivity index (χ3v) is 2.65. The molecule has 0 atom stereocenters. The van der Waals surface area contributed by atoms with Gasteiger partial charge in [0.25, 0.3) is 0 Å². The van der Waals surface area contributed by atoms with E-state index in [2.05, 4.69) is 23.0 Å². The van der Waals surface area contributed by atoms with Crippen LogP contribution in [0.4, 0.5) is 0 Å². The Hall–Kier alpha value is -1.14. The Labute approximate surface area is 126 Å². The Morgan fingerprint density at radius 1 is 1.10 bits per heavy atom. The first-order chi connectivity index (χ1) is 9.56. The second kappa shape index (κ2) is 12.9. The van der Waals surface area contributed by atoms with E-state index < -0.39 is 0 Å². The second-order valence-electron chi connectivity index (χ2n) is 5.08. The minimum absolute atomic E-state index is 0. The van der Waals surface area contributed by atoms with E-state index in [1.165, 1.54) is 12.8 Å². The first kappa shape index (κ1) is 18.9. The van der Waals surface area contributed by atoms with Gasteiger partial charge in [-0.1, -0.05) is 40.0 Å². The topological polar surface area (TPSA) is 79.5 Å². The molecule has 0 unspecified atom stereocenters. The van der Waals surface area contributed by atoms with Crippen molar-refractivity contribution in [2.45, 2.75) is 58.9 Å². The van der Waals surface area contributed by atoms with Gasteiger partial charge in [0.05, 0.1) is 0 Å². The van der Waals surface area contributed by atoms with Crippen LogP contribution in [0.15, 0.2) is 0 Å². The molecule has 6 heteroatoms. The molecule has 2 amide bonds. The lowest BCUT2D eigenvalue weighted by molar-refractivity contribution is -0.139. The molecule has 0 heterocycles. The number of carbonyl (C=O) groups excluding carboxylic acids is 2. The lowest BCUT2D eigenvalue weighted by atomic mass is 10.2. The molecule has 0 spiro atoms. The van der Waals surface area contributed by atoms with E-state index in [-0.39, 0.29) is 22.7 Å². The van der Waals surface area contributed by atoms with Crippen LogP contribution in [0.2, 0.25) is 0 Å². The maximum Gasteiger partial charge on any atom is 0.248 e. The standard InChI is InChI=1S/C14H29N3O3.3H2/c1-4-5-6-7-9-16-14(19)11-20-17-13(18)8-10-15-12(2)3;;;/h12,15H,4-11H2,1-3H3,(H,16,19)(H,17,18);3*1H. The molecule has 0 fully saturated rings. The zero-order chi connectivity index (χ0) is 15.2. The van der Waals surface area contributed by atoms with Gasteiger partial charge in [-0.15, -0.1) is 0 Å². The number of amides is 2. The molecule has 0 aliphatic rings. The zero-order valence-electron chi connectivity index (χ0n) is 13.0. The largest absolute Gasteiger partial charge is 0.354 e. The van der Waals surface area contributed by atoms with Gasteiger partial charge in [-0.3, -0.25) is 14.4 Å². The highest BCUT2D eigenvalue weighted by atomic mass is 16.7. The fourth-order valence-corrected chi connectivity index (χ4v) is 1.54. The molecule has 0 aromatic rings. The Morgan fingerprint density at radius 2 is 1.85 bits per heavy atom. The Kier molecular flexibility index (Phi) is 12.1. The molecule has 3 N–H and O–H groups in total. The van der Waals surface area contributed by atoms with Gasteiger partial charge in [0, 0.05) is 29.8 Å². The second-order valence-corrected chi connectivity index (χ2v) is 5.08. The zero-order valence-corrected chi connectivity index (χ0v) is 13.0. The Morgan fingerprint density at radius 3 is 2.50 bits per heavy atom. The quantitative estimate of drug-likeness (QED) is 0.379. The van der Waals surface area contributed by atoms with Crippen molar-refractivity contribution in [3.63, 3.8) is 0 Å². The lowest BCUT2D eigenvalue weighted by Gasteiger charge is -2.09. The SMILES string of the molecule is CCCCCCNC(=O)CONC(=O)CCNC(C)C.[HH].[HH].[HH]. The lowest BCUT2D eigenvalue weighted by Crippen LogP contribution is -2.35. The fraction of sp³-hybridized carbons (Fsp3) is 0.857. The van der Waals surface area contributed by atoms with Gasteiger partial charge in [0.1, 0.15) is 0 Å². The van der Waals surface area contributed by atoms with Crippen molar-refractivity contribution in [1.82, 2.24) is 16.1 Å². The average molecular weight is 293 g/mol. The Bertz CT molecular complexity index is 283. The van der Waals surface area contributed by atoms with Gasteiger partial charge in [-0.05, 0) is 6.42 Å². The highest BCUT2D eigenvalue weighted by molar-refractivity contribution is 5.78. The minimum Gasteiger partial charge on any atom is -0.354 e. The first-order valence-electron chi connectivity index (χ1n) is 7.47. The summed E-state index contributed by atoms with van der Waals surface area (Å²) < 4.78 is 0. The Balaban J connectivity index is -0.000000602. The van der Waals surface area contributed by atoms with Gasteiger partial charge >= 0.3 is 0 Å². The van der Waals surface area contributed by atoms with Crippen LogP contribution in [0, 0.1) is 0 Å². The number of rotatable bonds is 12. The molecule has 0 aliphatic carbocycles. The highest BCUT2D eigenvalue weighted by Gasteiger charge is 2.04. The molecular formula is C14H35N3O3. The summed E-state index contributed by atoms with van der Waals surface area (Å²) in [7, 11) is 0. The predicted octanol–water partition coefficient (Wildman–Crippen LogP) is 1.86. The van der Waals surface area contributed by atoms with Gasteiger partial charge in [-0.25, -0.2) is 5.48 Å². The molecular weight excluding hydrogens is 258 g/mol. The molecule has 6 nitrogen and oxygen atoms in total. The molecule has 0 saturated carbocycles. The average Bonchev–Trinajstić information content (AvgIpc) is 2.38. The number of nitrogens with one attached hydrogen (secondary N) is 3. The normalized spacial score (nSPS) is 10.6. The molecule has 0 saturated heterocycles. The smallest absolute Gasteiger partial charge is 0.248 e. The molecule has 0 aromatic carbocycles. The van der Waals surface area contributed by atoms with Crippen LogP contribution in [0.3, 0.4) is 0 Å². The van der Waals surface area contributed by atoms with E-state index in [0.717, 1.165) is 12.8 Å². The van der Waals surface area contributed by atoms with E-state index in [1.807, 2.05) is 13.8 Å². The first-order valence-corrected chi connectivity index (χ1v) is 7.47. The van der Waals surface area contributed by atoms with Gasteiger partial charge in [-0.2, -0.15) is 0 Å². The monoisotopic (exact) mass is 293 g/mol. The number of hydroxylamine groups is 1. The van der Waals surface area contributed by atoms with Crippen molar-refractivity contribution in [2.24, 2.45) is 0 Å². The van der Waals surface area contributed by atoms with E-state index in [1.54, 1.807) is 0 Å². The summed E-state index contributed by atoms with van der Waals surface area (Å²) in [5.74, 6) is -0.434. The van der Waals surface area contributed by atoms with Crippen LogP contribution < -0.4 is 16.1 Å². The highest BCUT2D eigenvalue weighted by Crippen LogP contribution is 1.96. The third-order valence-electron chi connectivity index (χ3n) is 2.65. The van der Waals surface area contributed by atoms with Gasteiger partial charge < -0.3 is 10.6 Å². The summed E-state index contributed by atoms with van der Waals surface area (Å²) in [5.41, 5.74) is 2.26. The van der Waals surface area contributed by atoms with Crippen molar-refractivity contribution < 1.29 is 18.7 Å². The van der Waals surface area contributed by atoms with Crippen molar-refractivity contribution in [3.8, 4) is 0 Å². The summed E-state index contributed by atoms with van der Waals surface area (Å²) in [6.07, 6.45) is 4.79. The maximum atomic E-state index is 11.4. The number of hydrogen-bond donors (Lipinski definition) is 3. The van der Waals surface area contributed by atoms with Crippen LogP contribution in [0.1, 0.15) is 57.2 Å². The molecule has 0 aromatic heterocycles. The van der Waals surface area contributed by atoms with E-state index in [0.29, 0.717) is 25.6 Å². The van der Waals surface area contributed by atoms with Gasteiger partial charge in [0.2, 0.25) is 11.8 Å². The summed E-state index contributed by atoms with van der Waals surface area (Å²) in [4.78, 5) is 27.5. The summed E-state index contributed by atoms with van der Waals surface area (Å²) >= 11 is 0. The molecule has 0 radical (unpaired) electrons. The van der Waals surface area contributed by atoms with Crippen molar-refractivity contribution in [2.75, 3.05) is 19.7 Å². The summed E-state index contributed by atoms with van der Waals surface area (Å²) in [6.45, 7) is 7.28. The predicted molar refractivity (Wildman–Crippen MR) is 85.3 cm³/mol. The van der Waals surface area contributed by atoms with Gasteiger partial charge in [0.15, 0.2) is 6.61 Å². The van der Waals surface area contributed by atoms with Crippen LogP contribution in [0.25, 0.3) is 0 Å². The van der Waals surface area contributed by atoms with Crippen molar-refractivity contribution >= 4 is 11.8 Å². The van der Waals surface area contributed by atoms with E-state index >= 15 is 0 Å². The number of carbonyl (C=O) groups is 2. The molecule has 20 heavy (non-hydrogen) atoms. The molecule has 0 aliphatic heterocycles. The van der Waals surface area contributed by atoms with Crippen molar-refractivity contribution in [3.05, 3.63) is 0 Å². The van der Waals surface area contributed by atoms with E-state index in [9.17, 15) is 9.59 Å². The van der Waals surface area contributed by atoms with Crippen LogP contribution in [-0.2, 0) is 14.4 Å². The number of hydrogen-bond acceptors (Lipinski definition) is 4. The molecule has 124 valence electrons. The molecule has 0 rings (SSSR count). The minimum atomic E-state index is -0.228. The summed E-state index contributed by atoms with van der Waals surface area (Å²) in [5, 5.41) is 5.87. The third kappa shape index (κ3) is 13.3. The van der Waals surface area contributed by atoms with Crippen molar-refractivity contribution in [1.29, 1.82) is 0 Å². The molecule has 0 bridgehead atoms. The number of unbranched alkanes of at least 4 members (excludes halogenated alkanes) is 3. The maximum absolute atomic E-state index is 11.4. The van der Waals surface area contributed by atoms with Crippen LogP contribution >= 0.6 is 0 Å². The fourth-order valence-electron chi connectivity index (χ4n) is 1.54. The van der Waals surface area contributed by atoms with Crippen LogP contribution in [-0.4, -0.2) is 37.6 Å². The van der Waals surface area contributed by atoms with Crippen LogP contribution in [0.5, 0.6) is 0 Å².